The first-order chi connectivity index (χ1) is 14.3. The van der Waals surface area contributed by atoms with Crippen LogP contribution in [-0.2, 0) is 4.79 Å². The van der Waals surface area contributed by atoms with Crippen LogP contribution < -0.4 is 15.0 Å². The van der Waals surface area contributed by atoms with Crippen LogP contribution in [-0.4, -0.2) is 48.7 Å². The molecule has 1 heterocycles. The van der Waals surface area contributed by atoms with Crippen LogP contribution in [0.5, 0.6) is 5.75 Å². The Hall–Kier alpha value is -2.59. The molecule has 2 aromatic rings. The fourth-order valence-corrected chi connectivity index (χ4v) is 3.37. The highest BCUT2D eigenvalue weighted by atomic mass is 35.5. The summed E-state index contributed by atoms with van der Waals surface area (Å²) in [7, 11) is 0. The van der Waals surface area contributed by atoms with Crippen LogP contribution in [0.3, 0.4) is 0 Å². The van der Waals surface area contributed by atoms with E-state index in [0.717, 1.165) is 4.90 Å². The summed E-state index contributed by atoms with van der Waals surface area (Å²) in [6, 6.07) is 8.74. The van der Waals surface area contributed by atoms with Gasteiger partial charge in [0.15, 0.2) is 35.0 Å². The first kappa shape index (κ1) is 22.1. The summed E-state index contributed by atoms with van der Waals surface area (Å²) in [5, 5.41) is 1.40. The third-order valence-corrected chi connectivity index (χ3v) is 5.12. The number of nitrogens with zero attached hydrogens (tertiary/aromatic N) is 2. The monoisotopic (exact) mass is 461 g/mol. The number of benzene rings is 2. The van der Waals surface area contributed by atoms with Crippen LogP contribution in [0, 0.1) is 23.3 Å². The molecule has 30 heavy (non-hydrogen) atoms. The highest BCUT2D eigenvalue weighted by Crippen LogP contribution is 2.33. The number of piperazine rings is 1. The van der Waals surface area contributed by atoms with E-state index in [4.69, 9.17) is 28.6 Å². The fourth-order valence-electron chi connectivity index (χ4n) is 2.90. The molecule has 160 valence electrons. The second-order valence-electron chi connectivity index (χ2n) is 6.35. The van der Waals surface area contributed by atoms with Gasteiger partial charge in [-0.1, -0.05) is 29.8 Å². The average molecular weight is 462 g/mol. The summed E-state index contributed by atoms with van der Waals surface area (Å²) in [6.07, 6.45) is 0. The lowest BCUT2D eigenvalue weighted by atomic mass is 10.2. The van der Waals surface area contributed by atoms with Crippen molar-refractivity contribution in [3.05, 3.63) is 58.6 Å². The summed E-state index contributed by atoms with van der Waals surface area (Å²) in [5.41, 5.74) is -0.819. The molecule has 2 aromatic carbocycles. The maximum Gasteiger partial charge on any atom is 0.264 e. The first-order valence-corrected chi connectivity index (χ1v) is 9.61. The molecule has 0 aromatic heterocycles. The second kappa shape index (κ2) is 9.48. The lowest BCUT2D eigenvalue weighted by Crippen LogP contribution is -2.53. The number of para-hydroxylation sites is 1. The van der Waals surface area contributed by atoms with Gasteiger partial charge in [-0.3, -0.25) is 4.79 Å². The lowest BCUT2D eigenvalue weighted by molar-refractivity contribution is -0.121. The van der Waals surface area contributed by atoms with Crippen LogP contribution in [0.2, 0.25) is 5.02 Å². The van der Waals surface area contributed by atoms with Gasteiger partial charge >= 0.3 is 0 Å². The van der Waals surface area contributed by atoms with Crippen LogP contribution in [0.15, 0.2) is 30.3 Å². The number of ether oxygens (including phenoxy) is 1. The zero-order valence-corrected chi connectivity index (χ0v) is 17.0. The van der Waals surface area contributed by atoms with Gasteiger partial charge in [-0.15, -0.1) is 0 Å². The summed E-state index contributed by atoms with van der Waals surface area (Å²) in [4.78, 5) is 14.8. The Morgan fingerprint density at radius 1 is 1.00 bits per heavy atom. The Morgan fingerprint density at radius 3 is 2.13 bits per heavy atom. The van der Waals surface area contributed by atoms with Gasteiger partial charge in [0.1, 0.15) is 16.5 Å². The minimum Gasteiger partial charge on any atom is -0.484 e. The molecule has 0 unspecified atom stereocenters. The number of carbonyl (C=O) groups excluding carboxylic acids is 1. The Morgan fingerprint density at radius 2 is 1.57 bits per heavy atom. The highest BCUT2D eigenvalue weighted by molar-refractivity contribution is 7.80. The van der Waals surface area contributed by atoms with Crippen molar-refractivity contribution < 1.29 is 27.1 Å². The number of carbonyl (C=O) groups is 1. The molecule has 0 saturated carbocycles. The largest absolute Gasteiger partial charge is 0.484 e. The molecular weight excluding hydrogens is 446 g/mol. The van der Waals surface area contributed by atoms with E-state index in [0.29, 0.717) is 5.75 Å². The molecule has 0 aliphatic carbocycles. The molecule has 0 bridgehead atoms. The standard InChI is InChI=1S/C19H16ClF4N3O2S/c20-13-14(21)16(23)18(17(24)15(13)22)26-6-8-27(9-7-26)19(30)25-12(28)10-29-11-4-2-1-3-5-11/h1-5H,6-10H2,(H,25,28,30). The van der Waals surface area contributed by atoms with Crippen molar-refractivity contribution >= 4 is 40.5 Å². The summed E-state index contributed by atoms with van der Waals surface area (Å²) >= 11 is 10.4. The molecule has 0 radical (unpaired) electrons. The predicted molar refractivity (Wildman–Crippen MR) is 108 cm³/mol. The Balaban J connectivity index is 1.55. The van der Waals surface area contributed by atoms with Crippen molar-refractivity contribution in [3.63, 3.8) is 0 Å². The van der Waals surface area contributed by atoms with Gasteiger partial charge in [0, 0.05) is 26.2 Å². The van der Waals surface area contributed by atoms with Gasteiger partial charge in [0.25, 0.3) is 5.91 Å². The highest BCUT2D eigenvalue weighted by Gasteiger charge is 2.30. The third kappa shape index (κ3) is 4.76. The minimum atomic E-state index is -1.64. The Kier molecular flexibility index (Phi) is 6.99. The predicted octanol–water partition coefficient (Wildman–Crippen LogP) is 3.50. The van der Waals surface area contributed by atoms with Crippen LogP contribution in [0.4, 0.5) is 23.2 Å². The van der Waals surface area contributed by atoms with Crippen molar-refractivity contribution in [1.82, 2.24) is 10.2 Å². The van der Waals surface area contributed by atoms with Crippen LogP contribution in [0.1, 0.15) is 0 Å². The number of halogens is 5. The lowest BCUT2D eigenvalue weighted by Gasteiger charge is -2.37. The molecule has 5 nitrogen and oxygen atoms in total. The Bertz CT molecular complexity index is 928. The van der Waals surface area contributed by atoms with Crippen molar-refractivity contribution in [2.45, 2.75) is 0 Å². The number of anilines is 1. The summed E-state index contributed by atoms with van der Waals surface area (Å²) in [6.45, 7) is 0.131. The quantitative estimate of drug-likeness (QED) is 0.327. The molecule has 0 spiro atoms. The molecule has 1 saturated heterocycles. The van der Waals surface area contributed by atoms with Gasteiger partial charge in [0.05, 0.1) is 0 Å². The molecule has 1 N–H and O–H groups in total. The number of nitrogens with one attached hydrogen (secondary N) is 1. The SMILES string of the molecule is O=C(COc1ccccc1)NC(=S)N1CCN(c2c(F)c(F)c(Cl)c(F)c2F)CC1. The number of amides is 1. The van der Waals surface area contributed by atoms with Gasteiger partial charge in [-0.05, 0) is 24.4 Å². The van der Waals surface area contributed by atoms with E-state index in [9.17, 15) is 22.4 Å². The number of hydrogen-bond donors (Lipinski definition) is 1. The molecule has 1 amide bonds. The van der Waals surface area contributed by atoms with Crippen molar-refractivity contribution in [1.29, 1.82) is 0 Å². The molecule has 3 rings (SSSR count). The smallest absolute Gasteiger partial charge is 0.264 e. The van der Waals surface area contributed by atoms with E-state index in [1.807, 2.05) is 6.07 Å². The van der Waals surface area contributed by atoms with E-state index in [1.165, 1.54) is 0 Å². The normalized spacial score (nSPS) is 13.9. The zero-order valence-electron chi connectivity index (χ0n) is 15.4. The van der Waals surface area contributed by atoms with Gasteiger partial charge in [-0.25, -0.2) is 17.6 Å². The third-order valence-electron chi connectivity index (χ3n) is 4.43. The van der Waals surface area contributed by atoms with Crippen molar-refractivity contribution in [2.75, 3.05) is 37.7 Å². The van der Waals surface area contributed by atoms with Crippen LogP contribution in [0.25, 0.3) is 0 Å². The molecule has 1 aliphatic heterocycles. The topological polar surface area (TPSA) is 44.8 Å². The van der Waals surface area contributed by atoms with E-state index >= 15 is 0 Å². The molecule has 1 fully saturated rings. The number of rotatable bonds is 4. The van der Waals surface area contributed by atoms with E-state index in [1.54, 1.807) is 29.2 Å². The van der Waals surface area contributed by atoms with Gasteiger partial charge < -0.3 is 19.9 Å². The Labute approximate surface area is 180 Å². The van der Waals surface area contributed by atoms with Crippen molar-refractivity contribution in [3.8, 4) is 5.75 Å². The number of hydrogen-bond acceptors (Lipinski definition) is 4. The fraction of sp³-hybridized carbons (Fsp3) is 0.263. The van der Waals surface area contributed by atoms with E-state index in [2.05, 4.69) is 5.32 Å². The van der Waals surface area contributed by atoms with E-state index in [-0.39, 0.29) is 37.9 Å². The van der Waals surface area contributed by atoms with Gasteiger partial charge in [-0.2, -0.15) is 0 Å². The van der Waals surface area contributed by atoms with Crippen LogP contribution >= 0.6 is 23.8 Å². The van der Waals surface area contributed by atoms with Crippen molar-refractivity contribution in [2.24, 2.45) is 0 Å². The second-order valence-corrected chi connectivity index (χ2v) is 7.11. The molecular formula is C19H16ClF4N3O2S. The minimum absolute atomic E-state index is 0.0187. The first-order valence-electron chi connectivity index (χ1n) is 8.82. The maximum absolute atomic E-state index is 14.1. The zero-order chi connectivity index (χ0) is 21.8. The maximum atomic E-state index is 14.1. The summed E-state index contributed by atoms with van der Waals surface area (Å²) < 4.78 is 61.0. The molecule has 0 atom stereocenters. The van der Waals surface area contributed by atoms with Gasteiger partial charge in [0.2, 0.25) is 0 Å². The molecule has 11 heteroatoms. The summed E-state index contributed by atoms with van der Waals surface area (Å²) in [5.74, 6) is -6.34. The average Bonchev–Trinajstić information content (AvgIpc) is 2.76. The molecule has 1 aliphatic rings. The number of thiocarbonyl (C=S) groups is 1. The van der Waals surface area contributed by atoms with E-state index < -0.39 is 39.9 Å².